The van der Waals surface area contributed by atoms with Crippen LogP contribution < -0.4 is 5.56 Å². The molecule has 1 heterocycles. The summed E-state index contributed by atoms with van der Waals surface area (Å²) in [4.78, 5) is 25.5. The number of pyridine rings is 1. The monoisotopic (exact) mass is 297 g/mol. The molecule has 0 fully saturated rings. The molecule has 0 radical (unpaired) electrons. The molecule has 4 nitrogen and oxygen atoms in total. The van der Waals surface area contributed by atoms with E-state index in [1.165, 1.54) is 24.8 Å². The minimum absolute atomic E-state index is 0.240. The third-order valence-corrected chi connectivity index (χ3v) is 3.59. The third kappa shape index (κ3) is 3.11. The largest absolute Gasteiger partial charge is 0.446 e. The van der Waals surface area contributed by atoms with Gasteiger partial charge in [0, 0.05) is 34.5 Å². The first-order valence-electron chi connectivity index (χ1n) is 5.54. The van der Waals surface area contributed by atoms with Crippen LogP contribution in [0.15, 0.2) is 29.1 Å². The number of H-pyrrole nitrogens is 1. The van der Waals surface area contributed by atoms with Gasteiger partial charge in [-0.05, 0) is 24.5 Å². The van der Waals surface area contributed by atoms with Gasteiger partial charge in [-0.1, -0.05) is 11.6 Å². The highest BCUT2D eigenvalue weighted by molar-refractivity contribution is 7.98. The number of nitrogens with one attached hydrogen (secondary N) is 1. The second-order valence-electron chi connectivity index (χ2n) is 3.96. The average Bonchev–Trinajstić information content (AvgIpc) is 2.35. The average molecular weight is 298 g/mol. The van der Waals surface area contributed by atoms with Crippen molar-refractivity contribution in [2.45, 2.75) is 12.4 Å². The van der Waals surface area contributed by atoms with E-state index in [1.54, 1.807) is 18.2 Å². The fraction of sp³-hybridized carbons (Fsp3) is 0.231. The molecule has 100 valence electrons. The molecule has 6 heteroatoms. The molecule has 0 saturated carbocycles. The normalized spacial score (nSPS) is 12.4. The second-order valence-corrected chi connectivity index (χ2v) is 5.29. The molecule has 0 aliphatic carbocycles. The van der Waals surface area contributed by atoms with Crippen LogP contribution in [-0.4, -0.2) is 17.2 Å². The Morgan fingerprint density at radius 1 is 1.42 bits per heavy atom. The highest BCUT2D eigenvalue weighted by atomic mass is 35.5. The van der Waals surface area contributed by atoms with E-state index in [0.717, 1.165) is 5.39 Å². The molecule has 19 heavy (non-hydrogen) atoms. The van der Waals surface area contributed by atoms with Crippen molar-refractivity contribution in [2.24, 2.45) is 0 Å². The molecule has 1 atom stereocenters. The van der Waals surface area contributed by atoms with Crippen molar-refractivity contribution in [1.29, 1.82) is 0 Å². The molecule has 0 aliphatic rings. The zero-order valence-corrected chi connectivity index (χ0v) is 12.0. The second kappa shape index (κ2) is 5.67. The molecule has 1 aromatic carbocycles. The summed E-state index contributed by atoms with van der Waals surface area (Å²) in [6.07, 6.45) is 1.81. The number of rotatable bonds is 3. The van der Waals surface area contributed by atoms with E-state index in [-0.39, 0.29) is 5.56 Å². The number of aromatic amines is 1. The van der Waals surface area contributed by atoms with Crippen molar-refractivity contribution in [3.8, 4) is 0 Å². The smallest absolute Gasteiger partial charge is 0.304 e. The van der Waals surface area contributed by atoms with Crippen molar-refractivity contribution >= 4 is 40.2 Å². The fourth-order valence-corrected chi connectivity index (χ4v) is 2.69. The zero-order valence-electron chi connectivity index (χ0n) is 10.4. The number of hydrogen-bond acceptors (Lipinski definition) is 4. The van der Waals surface area contributed by atoms with E-state index >= 15 is 0 Å². The van der Waals surface area contributed by atoms with E-state index in [1.807, 2.05) is 6.26 Å². The first-order chi connectivity index (χ1) is 9.01. The van der Waals surface area contributed by atoms with Crippen molar-refractivity contribution in [3.63, 3.8) is 0 Å². The van der Waals surface area contributed by atoms with Crippen LogP contribution in [0.3, 0.4) is 0 Å². The van der Waals surface area contributed by atoms with Crippen LogP contribution in [-0.2, 0) is 9.53 Å². The Balaban J connectivity index is 2.66. The highest BCUT2D eigenvalue weighted by Crippen LogP contribution is 2.32. The van der Waals surface area contributed by atoms with E-state index in [0.29, 0.717) is 16.1 Å². The number of benzene rings is 1. The van der Waals surface area contributed by atoms with E-state index < -0.39 is 11.4 Å². The summed E-state index contributed by atoms with van der Waals surface area (Å²) in [6.45, 7) is 1.34. The predicted octanol–water partition coefficient (Wildman–Crippen LogP) is 3.11. The van der Waals surface area contributed by atoms with E-state index in [2.05, 4.69) is 4.98 Å². The van der Waals surface area contributed by atoms with Gasteiger partial charge < -0.3 is 9.72 Å². The summed E-state index contributed by atoms with van der Waals surface area (Å²) in [5.41, 5.74) is 0.541. The predicted molar refractivity (Wildman–Crippen MR) is 77.6 cm³/mol. The van der Waals surface area contributed by atoms with Gasteiger partial charge >= 0.3 is 5.97 Å². The minimum Gasteiger partial charge on any atom is -0.446 e. The molecular formula is C13H12ClNO3S. The molecule has 0 bridgehead atoms. The van der Waals surface area contributed by atoms with Crippen LogP contribution in [0.2, 0.25) is 5.02 Å². The first-order valence-corrected chi connectivity index (χ1v) is 7.20. The Labute approximate surface area is 119 Å². The molecule has 0 amide bonds. The third-order valence-electron chi connectivity index (χ3n) is 2.58. The minimum atomic E-state index is -0.527. The van der Waals surface area contributed by atoms with E-state index in [9.17, 15) is 9.59 Å². The number of carbonyl (C=O) groups is 1. The Kier molecular flexibility index (Phi) is 4.17. The van der Waals surface area contributed by atoms with Gasteiger partial charge in [0.1, 0.15) is 0 Å². The number of halogens is 1. The van der Waals surface area contributed by atoms with Crippen molar-refractivity contribution < 1.29 is 9.53 Å². The number of ether oxygens (including phenoxy) is 1. The summed E-state index contributed by atoms with van der Waals surface area (Å²) >= 11 is 7.32. The molecule has 1 N–H and O–H groups in total. The Bertz CT molecular complexity index is 683. The Hall–Kier alpha value is -1.46. The molecular weight excluding hydrogens is 286 g/mol. The van der Waals surface area contributed by atoms with Gasteiger partial charge in [-0.15, -0.1) is 11.8 Å². The van der Waals surface area contributed by atoms with Gasteiger partial charge in [0.15, 0.2) is 5.44 Å². The lowest BCUT2D eigenvalue weighted by molar-refractivity contribution is -0.142. The van der Waals surface area contributed by atoms with Gasteiger partial charge in [0.2, 0.25) is 5.56 Å². The first kappa shape index (κ1) is 14.0. The number of hydrogen-bond donors (Lipinski definition) is 1. The van der Waals surface area contributed by atoms with E-state index in [4.69, 9.17) is 16.3 Å². The van der Waals surface area contributed by atoms with Crippen LogP contribution in [0.1, 0.15) is 17.9 Å². The van der Waals surface area contributed by atoms with Crippen molar-refractivity contribution in [3.05, 3.63) is 45.2 Å². The Morgan fingerprint density at radius 3 is 2.79 bits per heavy atom. The molecule has 0 spiro atoms. The molecule has 1 aromatic heterocycles. The van der Waals surface area contributed by atoms with Crippen molar-refractivity contribution in [2.75, 3.05) is 6.26 Å². The van der Waals surface area contributed by atoms with Gasteiger partial charge in [-0.3, -0.25) is 9.59 Å². The van der Waals surface area contributed by atoms with Gasteiger partial charge in [0.25, 0.3) is 0 Å². The molecule has 2 rings (SSSR count). The maximum absolute atomic E-state index is 11.7. The van der Waals surface area contributed by atoms with Gasteiger partial charge in [-0.2, -0.15) is 0 Å². The standard InChI is InChI=1S/C13H12ClNO3S/c1-7(16)18-13(19-2)10-6-12(17)15-11-4-3-8(14)5-9(10)11/h3-6,13H,1-2H3,(H,15,17). The van der Waals surface area contributed by atoms with Gasteiger partial charge in [-0.25, -0.2) is 0 Å². The fourth-order valence-electron chi connectivity index (χ4n) is 1.84. The molecule has 1 unspecified atom stereocenters. The van der Waals surface area contributed by atoms with Crippen LogP contribution in [0.5, 0.6) is 0 Å². The highest BCUT2D eigenvalue weighted by Gasteiger charge is 2.17. The van der Waals surface area contributed by atoms with Crippen LogP contribution in [0.25, 0.3) is 10.9 Å². The van der Waals surface area contributed by atoms with Gasteiger partial charge in [0.05, 0.1) is 0 Å². The van der Waals surface area contributed by atoms with Crippen LogP contribution in [0, 0.1) is 0 Å². The Morgan fingerprint density at radius 2 is 2.16 bits per heavy atom. The molecule has 2 aromatic rings. The summed E-state index contributed by atoms with van der Waals surface area (Å²) in [7, 11) is 0. The lowest BCUT2D eigenvalue weighted by atomic mass is 10.1. The molecule has 0 aliphatic heterocycles. The SMILES string of the molecule is CSC(OC(C)=O)c1cc(=O)[nH]c2ccc(Cl)cc12. The molecule has 0 saturated heterocycles. The summed E-state index contributed by atoms with van der Waals surface area (Å²) in [5.74, 6) is -0.394. The summed E-state index contributed by atoms with van der Waals surface area (Å²) in [6, 6.07) is 6.61. The summed E-state index contributed by atoms with van der Waals surface area (Å²) in [5, 5.41) is 1.33. The topological polar surface area (TPSA) is 59.2 Å². The number of esters is 1. The number of thioether (sulfide) groups is 1. The zero-order chi connectivity index (χ0) is 14.0. The maximum atomic E-state index is 11.7. The number of aromatic nitrogens is 1. The van der Waals surface area contributed by atoms with Crippen molar-refractivity contribution in [1.82, 2.24) is 4.98 Å². The number of fused-ring (bicyclic) bond motifs is 1. The quantitative estimate of drug-likeness (QED) is 0.698. The maximum Gasteiger partial charge on any atom is 0.304 e. The summed E-state index contributed by atoms with van der Waals surface area (Å²) < 4.78 is 5.22. The van der Waals surface area contributed by atoms with Crippen LogP contribution >= 0.6 is 23.4 Å². The van der Waals surface area contributed by atoms with Crippen LogP contribution in [0.4, 0.5) is 0 Å². The lowest BCUT2D eigenvalue weighted by Gasteiger charge is -2.16. The lowest BCUT2D eigenvalue weighted by Crippen LogP contribution is -2.11. The number of carbonyl (C=O) groups excluding carboxylic acids is 1.